The summed E-state index contributed by atoms with van der Waals surface area (Å²) >= 11 is 12.4. The number of ether oxygens (including phenoxy) is 1. The maximum Gasteiger partial charge on any atom is 0.221 e. The van der Waals surface area contributed by atoms with Crippen molar-refractivity contribution in [2.45, 2.75) is 26.2 Å². The Bertz CT molecular complexity index is 832. The number of nitrogens with two attached hydrogens (primary N) is 1. The van der Waals surface area contributed by atoms with Gasteiger partial charge in [-0.05, 0) is 24.3 Å². The largest absolute Gasteiger partial charge is 0.452 e. The molecule has 1 aliphatic heterocycles. The molecule has 0 unspecified atom stereocenters. The lowest BCUT2D eigenvalue weighted by Gasteiger charge is -2.36. The van der Waals surface area contributed by atoms with Gasteiger partial charge in [-0.25, -0.2) is 0 Å². The molecule has 2 aromatic rings. The third kappa shape index (κ3) is 2.62. The molecule has 3 rings (SSSR count). The van der Waals surface area contributed by atoms with Crippen LogP contribution >= 0.6 is 23.2 Å². The zero-order chi connectivity index (χ0) is 16.9. The maximum atomic E-state index is 11.5. The second-order valence-electron chi connectivity index (χ2n) is 6.11. The van der Waals surface area contributed by atoms with E-state index in [1.807, 2.05) is 26.0 Å². The fraction of sp³-hybridized carbons (Fsp3) is 0.235. The van der Waals surface area contributed by atoms with Crippen molar-refractivity contribution >= 4 is 40.5 Å². The van der Waals surface area contributed by atoms with Crippen molar-refractivity contribution in [2.24, 2.45) is 0 Å². The molecule has 1 heterocycles. The first-order valence-corrected chi connectivity index (χ1v) is 7.84. The number of halogens is 2. The molecule has 0 radical (unpaired) electrons. The van der Waals surface area contributed by atoms with Gasteiger partial charge < -0.3 is 15.8 Å². The molecular formula is C17H16Cl2N2O2. The molecule has 1 amide bonds. The first kappa shape index (κ1) is 16.0. The molecule has 6 heteroatoms. The van der Waals surface area contributed by atoms with Gasteiger partial charge in [0.1, 0.15) is 0 Å². The number of anilines is 2. The number of rotatable bonds is 1. The highest BCUT2D eigenvalue weighted by Gasteiger charge is 2.37. The minimum atomic E-state index is -0.431. The molecular weight excluding hydrogens is 335 g/mol. The standard InChI is InChI=1S/C17H16Cl2N2O2/c1-8(22)21-14-7-10(19)5-12-16(14)23-15-11(17(12,2)3)4-9(18)6-13(15)20/h4-7H,20H2,1-3H3,(H,21,22). The molecule has 1 aliphatic rings. The summed E-state index contributed by atoms with van der Waals surface area (Å²) in [5.41, 5.74) is 8.37. The predicted octanol–water partition coefficient (Wildman–Crippen LogP) is 4.97. The van der Waals surface area contributed by atoms with Crippen LogP contribution in [0.15, 0.2) is 24.3 Å². The molecule has 0 aromatic heterocycles. The van der Waals surface area contributed by atoms with Crippen LogP contribution < -0.4 is 15.8 Å². The summed E-state index contributed by atoms with van der Waals surface area (Å²) in [6, 6.07) is 6.99. The Morgan fingerprint density at radius 3 is 2.26 bits per heavy atom. The number of nitrogen functional groups attached to an aromatic ring is 1. The van der Waals surface area contributed by atoms with Crippen molar-refractivity contribution < 1.29 is 9.53 Å². The van der Waals surface area contributed by atoms with Crippen LogP contribution in [0.25, 0.3) is 0 Å². The average Bonchev–Trinajstić information content (AvgIpc) is 2.41. The lowest BCUT2D eigenvalue weighted by Crippen LogP contribution is -2.26. The fourth-order valence-corrected chi connectivity index (χ4v) is 3.34. The van der Waals surface area contributed by atoms with Gasteiger partial charge in [0.25, 0.3) is 0 Å². The number of nitrogens with one attached hydrogen (secondary N) is 1. The summed E-state index contributed by atoms with van der Waals surface area (Å²) in [4.78, 5) is 11.5. The molecule has 0 bridgehead atoms. The number of hydrogen-bond donors (Lipinski definition) is 2. The van der Waals surface area contributed by atoms with Crippen molar-refractivity contribution in [1.82, 2.24) is 0 Å². The Morgan fingerprint density at radius 1 is 1.09 bits per heavy atom. The summed E-state index contributed by atoms with van der Waals surface area (Å²) < 4.78 is 6.03. The second-order valence-corrected chi connectivity index (χ2v) is 6.98. The Hall–Kier alpha value is -1.91. The average molecular weight is 351 g/mol. The van der Waals surface area contributed by atoms with Crippen LogP contribution in [0, 0.1) is 0 Å². The minimum absolute atomic E-state index is 0.203. The zero-order valence-corrected chi connectivity index (χ0v) is 14.5. The number of benzene rings is 2. The van der Waals surface area contributed by atoms with Gasteiger partial charge in [0, 0.05) is 33.5 Å². The van der Waals surface area contributed by atoms with Gasteiger partial charge in [0.15, 0.2) is 11.5 Å². The fourth-order valence-electron chi connectivity index (χ4n) is 2.89. The number of carbonyl (C=O) groups is 1. The summed E-state index contributed by atoms with van der Waals surface area (Å²) in [5.74, 6) is 0.905. The SMILES string of the molecule is CC(=O)Nc1cc(Cl)cc2c1Oc1c(N)cc(Cl)cc1C2(C)C. The minimum Gasteiger partial charge on any atom is -0.452 e. The van der Waals surface area contributed by atoms with Crippen molar-refractivity contribution in [3.05, 3.63) is 45.4 Å². The monoisotopic (exact) mass is 350 g/mol. The van der Waals surface area contributed by atoms with Crippen LogP contribution in [0.3, 0.4) is 0 Å². The van der Waals surface area contributed by atoms with Gasteiger partial charge in [0.2, 0.25) is 5.91 Å². The second kappa shape index (κ2) is 5.32. The first-order chi connectivity index (χ1) is 10.7. The highest BCUT2D eigenvalue weighted by Crippen LogP contribution is 2.53. The molecule has 23 heavy (non-hydrogen) atoms. The van der Waals surface area contributed by atoms with E-state index in [-0.39, 0.29) is 5.91 Å². The van der Waals surface area contributed by atoms with Crippen LogP contribution in [0.5, 0.6) is 11.5 Å². The molecule has 4 nitrogen and oxygen atoms in total. The van der Waals surface area contributed by atoms with Crippen molar-refractivity contribution in [3.8, 4) is 11.5 Å². The van der Waals surface area contributed by atoms with Crippen LogP contribution in [0.4, 0.5) is 11.4 Å². The topological polar surface area (TPSA) is 64.3 Å². The smallest absolute Gasteiger partial charge is 0.221 e. The van der Waals surface area contributed by atoms with E-state index in [4.69, 9.17) is 33.7 Å². The van der Waals surface area contributed by atoms with Crippen LogP contribution in [0.1, 0.15) is 31.9 Å². The molecule has 0 atom stereocenters. The molecule has 0 fully saturated rings. The molecule has 0 aliphatic carbocycles. The van der Waals surface area contributed by atoms with Crippen LogP contribution in [0.2, 0.25) is 10.0 Å². The van der Waals surface area contributed by atoms with Gasteiger partial charge in [0.05, 0.1) is 11.4 Å². The van der Waals surface area contributed by atoms with Gasteiger partial charge >= 0.3 is 0 Å². The Balaban J connectivity index is 2.28. The summed E-state index contributed by atoms with van der Waals surface area (Å²) in [5, 5.41) is 3.82. The molecule has 120 valence electrons. The number of hydrogen-bond acceptors (Lipinski definition) is 3. The van der Waals surface area contributed by atoms with E-state index in [2.05, 4.69) is 5.32 Å². The molecule has 0 saturated carbocycles. The summed E-state index contributed by atoms with van der Waals surface area (Å²) in [7, 11) is 0. The van der Waals surface area contributed by atoms with E-state index in [0.29, 0.717) is 32.9 Å². The molecule has 0 saturated heterocycles. The van der Waals surface area contributed by atoms with E-state index < -0.39 is 5.41 Å². The van der Waals surface area contributed by atoms with Crippen molar-refractivity contribution in [2.75, 3.05) is 11.1 Å². The van der Waals surface area contributed by atoms with Crippen molar-refractivity contribution in [3.63, 3.8) is 0 Å². The normalized spacial score (nSPS) is 14.5. The van der Waals surface area contributed by atoms with E-state index in [0.717, 1.165) is 11.1 Å². The lowest BCUT2D eigenvalue weighted by molar-refractivity contribution is -0.114. The third-order valence-electron chi connectivity index (χ3n) is 4.00. The van der Waals surface area contributed by atoms with Crippen LogP contribution in [-0.4, -0.2) is 5.91 Å². The van der Waals surface area contributed by atoms with E-state index in [9.17, 15) is 4.79 Å². The highest BCUT2D eigenvalue weighted by atomic mass is 35.5. The molecule has 2 aromatic carbocycles. The van der Waals surface area contributed by atoms with Crippen LogP contribution in [-0.2, 0) is 10.2 Å². The highest BCUT2D eigenvalue weighted by molar-refractivity contribution is 6.31. The molecule has 0 spiro atoms. The number of amides is 1. The van der Waals surface area contributed by atoms with Gasteiger partial charge in [-0.15, -0.1) is 0 Å². The maximum absolute atomic E-state index is 11.5. The van der Waals surface area contributed by atoms with E-state index in [1.165, 1.54) is 6.92 Å². The number of carbonyl (C=O) groups excluding carboxylic acids is 1. The van der Waals surface area contributed by atoms with E-state index >= 15 is 0 Å². The van der Waals surface area contributed by atoms with Crippen molar-refractivity contribution in [1.29, 1.82) is 0 Å². The lowest BCUT2D eigenvalue weighted by atomic mass is 9.75. The summed E-state index contributed by atoms with van der Waals surface area (Å²) in [6.07, 6.45) is 0. The quantitative estimate of drug-likeness (QED) is 0.714. The zero-order valence-electron chi connectivity index (χ0n) is 13.0. The Kier molecular flexibility index (Phi) is 3.69. The predicted molar refractivity (Wildman–Crippen MR) is 93.8 cm³/mol. The number of fused-ring (bicyclic) bond motifs is 2. The van der Waals surface area contributed by atoms with Gasteiger partial charge in [-0.2, -0.15) is 0 Å². The third-order valence-corrected chi connectivity index (χ3v) is 4.43. The van der Waals surface area contributed by atoms with E-state index in [1.54, 1.807) is 12.1 Å². The van der Waals surface area contributed by atoms with Gasteiger partial charge in [-0.1, -0.05) is 37.0 Å². The van der Waals surface area contributed by atoms with Gasteiger partial charge in [-0.3, -0.25) is 4.79 Å². The summed E-state index contributed by atoms with van der Waals surface area (Å²) in [6.45, 7) is 5.51. The Morgan fingerprint density at radius 2 is 1.65 bits per heavy atom. The Labute approximate surface area is 144 Å². The first-order valence-electron chi connectivity index (χ1n) is 7.09. The molecule has 3 N–H and O–H groups in total.